The van der Waals surface area contributed by atoms with Crippen LogP contribution in [0.25, 0.3) is 5.95 Å². The predicted molar refractivity (Wildman–Crippen MR) is 152 cm³/mol. The molecule has 1 aromatic carbocycles. The topological polar surface area (TPSA) is 124 Å². The van der Waals surface area contributed by atoms with E-state index in [9.17, 15) is 9.59 Å². The number of piperazine rings is 1. The quantitative estimate of drug-likeness (QED) is 0.378. The number of benzene rings is 1. The van der Waals surface area contributed by atoms with Gasteiger partial charge in [-0.25, -0.2) is 9.97 Å². The number of fused-ring (bicyclic) bond motifs is 1. The van der Waals surface area contributed by atoms with Gasteiger partial charge in [0.2, 0.25) is 17.8 Å². The van der Waals surface area contributed by atoms with Crippen molar-refractivity contribution in [1.82, 2.24) is 29.7 Å². The van der Waals surface area contributed by atoms with Gasteiger partial charge in [-0.2, -0.15) is 4.98 Å². The second kappa shape index (κ2) is 12.7. The van der Waals surface area contributed by atoms with Crippen LogP contribution >= 0.6 is 11.6 Å². The van der Waals surface area contributed by atoms with Gasteiger partial charge in [0, 0.05) is 51.6 Å². The minimum absolute atomic E-state index is 0.0241. The van der Waals surface area contributed by atoms with Crippen molar-refractivity contribution in [2.75, 3.05) is 38.3 Å². The standard InChI is InChI=1S/C28H34ClN7O5/c1-18(39-3)12-27(38)34-10-11-36(25-14-24(29)32-28(33-25)35-9-8-30-17-35)20(15-34)13-26(37)31-19(2)23-16-40-21-6-4-5-7-22(21)41-23/h4-9,14,17-20,23H,10-13,15-16H2,1-3H3,(H,31,37). The highest BCUT2D eigenvalue weighted by molar-refractivity contribution is 6.29. The summed E-state index contributed by atoms with van der Waals surface area (Å²) in [5.74, 6) is 2.07. The zero-order chi connectivity index (χ0) is 28.9. The van der Waals surface area contributed by atoms with Crippen molar-refractivity contribution in [2.24, 2.45) is 0 Å². The Balaban J connectivity index is 1.32. The number of nitrogens with zero attached hydrogens (tertiary/aromatic N) is 6. The molecule has 0 bridgehead atoms. The molecule has 4 unspecified atom stereocenters. The fourth-order valence-electron chi connectivity index (χ4n) is 4.95. The molecule has 5 rings (SSSR count). The maximum absolute atomic E-state index is 13.4. The van der Waals surface area contributed by atoms with E-state index in [2.05, 4.69) is 15.3 Å². The number of anilines is 1. The zero-order valence-corrected chi connectivity index (χ0v) is 24.0. The van der Waals surface area contributed by atoms with Crippen molar-refractivity contribution in [3.05, 3.63) is 54.2 Å². The van der Waals surface area contributed by atoms with Gasteiger partial charge in [0.1, 0.15) is 23.9 Å². The molecule has 2 amide bonds. The van der Waals surface area contributed by atoms with E-state index in [0.717, 1.165) is 0 Å². The number of carbonyl (C=O) groups is 2. The minimum Gasteiger partial charge on any atom is -0.486 e. The van der Waals surface area contributed by atoms with Crippen molar-refractivity contribution in [1.29, 1.82) is 0 Å². The number of hydrogen-bond donors (Lipinski definition) is 1. The van der Waals surface area contributed by atoms with Crippen molar-refractivity contribution >= 4 is 29.2 Å². The second-order valence-electron chi connectivity index (χ2n) is 10.2. The summed E-state index contributed by atoms with van der Waals surface area (Å²) >= 11 is 6.39. The highest BCUT2D eigenvalue weighted by Crippen LogP contribution is 2.31. The number of hydrogen-bond acceptors (Lipinski definition) is 9. The summed E-state index contributed by atoms with van der Waals surface area (Å²) in [6.45, 7) is 5.35. The van der Waals surface area contributed by atoms with Crippen LogP contribution in [0.2, 0.25) is 5.15 Å². The molecule has 218 valence electrons. The first kappa shape index (κ1) is 28.6. The Hall–Kier alpha value is -3.90. The zero-order valence-electron chi connectivity index (χ0n) is 23.3. The molecule has 1 fully saturated rings. The molecule has 4 atom stereocenters. The Morgan fingerprint density at radius 3 is 2.76 bits per heavy atom. The molecule has 1 N–H and O–H groups in total. The number of halogens is 1. The third-order valence-corrected chi connectivity index (χ3v) is 7.49. The number of carbonyl (C=O) groups excluding carboxylic acids is 2. The van der Waals surface area contributed by atoms with Crippen LogP contribution in [-0.2, 0) is 14.3 Å². The average Bonchev–Trinajstić information content (AvgIpc) is 3.52. The number of para-hydroxylation sites is 2. The van der Waals surface area contributed by atoms with Crippen LogP contribution in [0.1, 0.15) is 26.7 Å². The summed E-state index contributed by atoms with van der Waals surface area (Å²) in [5.41, 5.74) is 0. The Kier molecular flexibility index (Phi) is 8.89. The van der Waals surface area contributed by atoms with E-state index in [1.165, 1.54) is 0 Å². The van der Waals surface area contributed by atoms with Gasteiger partial charge >= 0.3 is 0 Å². The predicted octanol–water partition coefficient (Wildman–Crippen LogP) is 2.49. The lowest BCUT2D eigenvalue weighted by Gasteiger charge is -2.42. The molecule has 13 heteroatoms. The normalized spacial score (nSPS) is 19.9. The first-order valence-corrected chi connectivity index (χ1v) is 14.0. The van der Waals surface area contributed by atoms with E-state index in [1.807, 2.05) is 43.0 Å². The van der Waals surface area contributed by atoms with E-state index in [1.54, 1.807) is 41.4 Å². The number of nitrogens with one attached hydrogen (secondary N) is 1. The van der Waals surface area contributed by atoms with Crippen LogP contribution in [0.4, 0.5) is 5.82 Å². The summed E-state index contributed by atoms with van der Waals surface area (Å²) < 4.78 is 18.9. The molecule has 0 saturated carbocycles. The molecule has 0 spiro atoms. The Labute approximate surface area is 243 Å². The number of amides is 2. The van der Waals surface area contributed by atoms with E-state index in [0.29, 0.717) is 49.5 Å². The van der Waals surface area contributed by atoms with Crippen LogP contribution in [-0.4, -0.2) is 93.9 Å². The molecule has 41 heavy (non-hydrogen) atoms. The van der Waals surface area contributed by atoms with Gasteiger partial charge in [-0.15, -0.1) is 0 Å². The fraction of sp³-hybridized carbons (Fsp3) is 0.464. The number of ether oxygens (including phenoxy) is 3. The molecule has 0 aliphatic carbocycles. The lowest BCUT2D eigenvalue weighted by Crippen LogP contribution is -2.57. The van der Waals surface area contributed by atoms with Gasteiger partial charge in [-0.05, 0) is 26.0 Å². The first-order valence-electron chi connectivity index (χ1n) is 13.6. The number of imidazole rings is 1. The van der Waals surface area contributed by atoms with E-state index in [-0.39, 0.29) is 54.1 Å². The number of rotatable bonds is 9. The number of methoxy groups -OCH3 is 1. The largest absolute Gasteiger partial charge is 0.486 e. The maximum Gasteiger partial charge on any atom is 0.238 e. The van der Waals surface area contributed by atoms with Crippen LogP contribution in [0.5, 0.6) is 11.5 Å². The van der Waals surface area contributed by atoms with Crippen LogP contribution in [0.3, 0.4) is 0 Å². The molecule has 2 aliphatic heterocycles. The van der Waals surface area contributed by atoms with E-state index < -0.39 is 0 Å². The van der Waals surface area contributed by atoms with Gasteiger partial charge < -0.3 is 29.3 Å². The van der Waals surface area contributed by atoms with Crippen molar-refractivity contribution in [3.8, 4) is 17.4 Å². The van der Waals surface area contributed by atoms with E-state index >= 15 is 0 Å². The molecular weight excluding hydrogens is 550 g/mol. The van der Waals surface area contributed by atoms with Gasteiger partial charge in [0.15, 0.2) is 17.6 Å². The van der Waals surface area contributed by atoms with Crippen LogP contribution < -0.4 is 19.7 Å². The smallest absolute Gasteiger partial charge is 0.238 e. The van der Waals surface area contributed by atoms with Gasteiger partial charge in [-0.1, -0.05) is 23.7 Å². The first-order chi connectivity index (χ1) is 19.8. The number of aromatic nitrogens is 4. The Morgan fingerprint density at radius 2 is 2.00 bits per heavy atom. The summed E-state index contributed by atoms with van der Waals surface area (Å²) in [6, 6.07) is 8.46. The lowest BCUT2D eigenvalue weighted by atomic mass is 10.1. The van der Waals surface area contributed by atoms with Crippen LogP contribution in [0, 0.1) is 0 Å². The maximum atomic E-state index is 13.4. The second-order valence-corrected chi connectivity index (χ2v) is 10.6. The fourth-order valence-corrected chi connectivity index (χ4v) is 5.13. The van der Waals surface area contributed by atoms with Crippen molar-refractivity contribution in [2.45, 2.75) is 51.0 Å². The Bertz CT molecular complexity index is 1360. The molecule has 2 aliphatic rings. The van der Waals surface area contributed by atoms with Crippen molar-refractivity contribution in [3.63, 3.8) is 0 Å². The molecule has 0 radical (unpaired) electrons. The van der Waals surface area contributed by atoms with E-state index in [4.69, 9.17) is 30.8 Å². The van der Waals surface area contributed by atoms with Crippen LogP contribution in [0.15, 0.2) is 49.1 Å². The summed E-state index contributed by atoms with van der Waals surface area (Å²) in [6.07, 6.45) is 4.78. The summed E-state index contributed by atoms with van der Waals surface area (Å²) in [5, 5.41) is 3.33. The lowest BCUT2D eigenvalue weighted by molar-refractivity contribution is -0.135. The molecule has 3 aromatic rings. The molecular formula is C28H34ClN7O5. The van der Waals surface area contributed by atoms with Crippen molar-refractivity contribution < 1.29 is 23.8 Å². The third-order valence-electron chi connectivity index (χ3n) is 7.30. The highest BCUT2D eigenvalue weighted by Gasteiger charge is 2.34. The Morgan fingerprint density at radius 1 is 1.20 bits per heavy atom. The van der Waals surface area contributed by atoms with Gasteiger partial charge in [-0.3, -0.25) is 14.2 Å². The monoisotopic (exact) mass is 583 g/mol. The third kappa shape index (κ3) is 6.88. The average molecular weight is 584 g/mol. The molecule has 4 heterocycles. The van der Waals surface area contributed by atoms with Gasteiger partial charge in [0.25, 0.3) is 0 Å². The SMILES string of the molecule is COC(C)CC(=O)N1CCN(c2cc(Cl)nc(-n3ccnc3)n2)C(CC(=O)NC(C)C2COc3ccccc3O2)C1. The highest BCUT2D eigenvalue weighted by atomic mass is 35.5. The summed E-state index contributed by atoms with van der Waals surface area (Å²) in [7, 11) is 1.58. The molecule has 12 nitrogen and oxygen atoms in total. The minimum atomic E-state index is -0.358. The molecule has 2 aromatic heterocycles. The molecule has 1 saturated heterocycles. The van der Waals surface area contributed by atoms with Gasteiger partial charge in [0.05, 0.1) is 24.6 Å². The summed E-state index contributed by atoms with van der Waals surface area (Å²) in [4.78, 5) is 43.3.